The summed E-state index contributed by atoms with van der Waals surface area (Å²) in [4.78, 5) is 25.1. The topological polar surface area (TPSA) is 64.2 Å². The first-order chi connectivity index (χ1) is 12.8. The van der Waals surface area contributed by atoms with E-state index in [4.69, 9.17) is 4.42 Å². The smallest absolute Gasteiger partial charge is 0.416 e. The molecule has 0 aliphatic carbocycles. The van der Waals surface area contributed by atoms with Gasteiger partial charge in [-0.1, -0.05) is 6.07 Å². The zero-order valence-electron chi connectivity index (χ0n) is 14.2. The Bertz CT molecular complexity index is 1020. The summed E-state index contributed by atoms with van der Waals surface area (Å²) in [6.45, 7) is 1.66. The summed E-state index contributed by atoms with van der Waals surface area (Å²) >= 11 is 0. The van der Waals surface area contributed by atoms with Gasteiger partial charge >= 0.3 is 6.18 Å². The molecule has 0 radical (unpaired) electrons. The second-order valence-electron chi connectivity index (χ2n) is 5.84. The van der Waals surface area contributed by atoms with Crippen LogP contribution in [0.4, 0.5) is 13.2 Å². The molecular weight excluding hydrogens is 361 g/mol. The third-order valence-corrected chi connectivity index (χ3v) is 3.96. The van der Waals surface area contributed by atoms with E-state index < -0.39 is 23.2 Å². The zero-order chi connectivity index (χ0) is 19.6. The van der Waals surface area contributed by atoms with Gasteiger partial charge in [0.1, 0.15) is 11.3 Å². The third-order valence-electron chi connectivity index (χ3n) is 3.96. The highest BCUT2D eigenvalue weighted by atomic mass is 19.4. The normalized spacial score (nSPS) is 11.4. The molecule has 8 heteroatoms. The largest absolute Gasteiger partial charge is 0.467 e. The van der Waals surface area contributed by atoms with Crippen molar-refractivity contribution in [1.29, 1.82) is 0 Å². The first-order valence-electron chi connectivity index (χ1n) is 7.98. The molecule has 0 spiro atoms. The Hall–Kier alpha value is -3.29. The number of hydrogen-bond donors (Lipinski definition) is 1. The molecular formula is C19H15F3N2O3. The highest BCUT2D eigenvalue weighted by molar-refractivity contribution is 5.93. The molecule has 1 N–H and O–H groups in total. The Balaban J connectivity index is 1.97. The van der Waals surface area contributed by atoms with E-state index in [1.54, 1.807) is 19.1 Å². The van der Waals surface area contributed by atoms with E-state index in [0.717, 1.165) is 16.7 Å². The van der Waals surface area contributed by atoms with E-state index in [1.807, 2.05) is 0 Å². The average molecular weight is 376 g/mol. The lowest BCUT2D eigenvalue weighted by Gasteiger charge is -2.14. The predicted molar refractivity (Wildman–Crippen MR) is 91.7 cm³/mol. The van der Waals surface area contributed by atoms with Crippen molar-refractivity contribution in [3.63, 3.8) is 0 Å². The van der Waals surface area contributed by atoms with Gasteiger partial charge in [-0.15, -0.1) is 0 Å². The Morgan fingerprint density at radius 2 is 1.93 bits per heavy atom. The highest BCUT2D eigenvalue weighted by Crippen LogP contribution is 2.30. The van der Waals surface area contributed by atoms with E-state index in [-0.39, 0.29) is 17.8 Å². The van der Waals surface area contributed by atoms with Crippen LogP contribution in [0.5, 0.6) is 0 Å². The summed E-state index contributed by atoms with van der Waals surface area (Å²) in [5.74, 6) is -0.134. The van der Waals surface area contributed by atoms with Crippen LogP contribution in [-0.4, -0.2) is 10.5 Å². The standard InChI is InChI=1S/C19H15F3N2O3/c1-12-7-8-16(17(25)23-11-15-6-3-9-27-15)18(26)24(12)14-5-2-4-13(10-14)19(20,21)22/h2-10H,11H2,1H3,(H,23,25). The summed E-state index contributed by atoms with van der Waals surface area (Å²) in [6.07, 6.45) is -3.08. The molecule has 27 heavy (non-hydrogen) atoms. The van der Waals surface area contributed by atoms with Crippen molar-refractivity contribution in [3.05, 3.63) is 87.7 Å². The average Bonchev–Trinajstić information content (AvgIpc) is 3.13. The predicted octanol–water partition coefficient (Wildman–Crippen LogP) is 3.69. The fourth-order valence-electron chi connectivity index (χ4n) is 2.62. The Morgan fingerprint density at radius 1 is 1.15 bits per heavy atom. The number of nitrogens with zero attached hydrogens (tertiary/aromatic N) is 1. The summed E-state index contributed by atoms with van der Waals surface area (Å²) in [5.41, 5.74) is -1.32. The molecule has 1 amide bonds. The molecule has 0 fully saturated rings. The van der Waals surface area contributed by atoms with Crippen molar-refractivity contribution in [2.45, 2.75) is 19.6 Å². The number of rotatable bonds is 4. The van der Waals surface area contributed by atoms with Gasteiger partial charge in [-0.05, 0) is 49.4 Å². The van der Waals surface area contributed by atoms with E-state index in [1.165, 1.54) is 30.5 Å². The number of aromatic nitrogens is 1. The minimum absolute atomic E-state index is 0.0352. The van der Waals surface area contributed by atoms with Crippen LogP contribution in [0.3, 0.4) is 0 Å². The van der Waals surface area contributed by atoms with Crippen LogP contribution in [0.1, 0.15) is 27.4 Å². The molecule has 140 valence electrons. The van der Waals surface area contributed by atoms with Gasteiger partial charge < -0.3 is 9.73 Å². The van der Waals surface area contributed by atoms with E-state index in [9.17, 15) is 22.8 Å². The van der Waals surface area contributed by atoms with Gasteiger partial charge in [0.05, 0.1) is 18.4 Å². The summed E-state index contributed by atoms with van der Waals surface area (Å²) in [7, 11) is 0. The molecule has 0 aliphatic rings. The summed E-state index contributed by atoms with van der Waals surface area (Å²) in [6, 6.07) is 10.6. The number of benzene rings is 1. The van der Waals surface area contributed by atoms with Crippen LogP contribution in [0.25, 0.3) is 5.69 Å². The van der Waals surface area contributed by atoms with Crippen molar-refractivity contribution in [2.75, 3.05) is 0 Å². The zero-order valence-corrected chi connectivity index (χ0v) is 14.2. The van der Waals surface area contributed by atoms with Crippen molar-refractivity contribution in [1.82, 2.24) is 9.88 Å². The first-order valence-corrected chi connectivity index (χ1v) is 7.98. The molecule has 0 saturated heterocycles. The van der Waals surface area contributed by atoms with Crippen LogP contribution in [0.15, 0.2) is 64.0 Å². The molecule has 5 nitrogen and oxygen atoms in total. The monoisotopic (exact) mass is 376 g/mol. The van der Waals surface area contributed by atoms with Crippen molar-refractivity contribution in [3.8, 4) is 5.69 Å². The van der Waals surface area contributed by atoms with Gasteiger partial charge in [0, 0.05) is 11.4 Å². The van der Waals surface area contributed by atoms with E-state index in [0.29, 0.717) is 11.5 Å². The molecule has 0 aliphatic heterocycles. The molecule has 3 rings (SSSR count). The third kappa shape index (κ3) is 3.94. The second-order valence-corrected chi connectivity index (χ2v) is 5.84. The minimum Gasteiger partial charge on any atom is -0.467 e. The van der Waals surface area contributed by atoms with Crippen LogP contribution in [-0.2, 0) is 12.7 Å². The van der Waals surface area contributed by atoms with E-state index in [2.05, 4.69) is 5.32 Å². The van der Waals surface area contributed by atoms with Gasteiger partial charge in [-0.3, -0.25) is 14.2 Å². The van der Waals surface area contributed by atoms with E-state index >= 15 is 0 Å². The van der Waals surface area contributed by atoms with Gasteiger partial charge in [0.15, 0.2) is 0 Å². The first kappa shape index (κ1) is 18.5. The number of alkyl halides is 3. The SMILES string of the molecule is Cc1ccc(C(=O)NCc2ccco2)c(=O)n1-c1cccc(C(F)(F)F)c1. The number of carbonyl (C=O) groups is 1. The van der Waals surface area contributed by atoms with Crippen LogP contribution in [0, 0.1) is 6.92 Å². The lowest BCUT2D eigenvalue weighted by molar-refractivity contribution is -0.137. The maximum atomic E-state index is 13.0. The number of nitrogens with one attached hydrogen (secondary N) is 1. The maximum absolute atomic E-state index is 13.0. The number of pyridine rings is 1. The van der Waals surface area contributed by atoms with Crippen LogP contribution < -0.4 is 10.9 Å². The lowest BCUT2D eigenvalue weighted by atomic mass is 10.1. The molecule has 1 aromatic carbocycles. The number of aryl methyl sites for hydroxylation is 1. The number of halogens is 3. The maximum Gasteiger partial charge on any atom is 0.416 e. The quantitative estimate of drug-likeness (QED) is 0.755. The molecule has 3 aromatic rings. The van der Waals surface area contributed by atoms with Gasteiger partial charge in [0.2, 0.25) is 0 Å². The number of carbonyl (C=O) groups excluding carboxylic acids is 1. The highest BCUT2D eigenvalue weighted by Gasteiger charge is 2.30. The van der Waals surface area contributed by atoms with Gasteiger partial charge in [0.25, 0.3) is 11.5 Å². The van der Waals surface area contributed by atoms with Gasteiger partial charge in [-0.2, -0.15) is 13.2 Å². The molecule has 0 atom stereocenters. The fourth-order valence-corrected chi connectivity index (χ4v) is 2.62. The molecule has 0 unspecified atom stereocenters. The Labute approximate surface area is 152 Å². The number of furan rings is 1. The number of amides is 1. The molecule has 2 heterocycles. The van der Waals surface area contributed by atoms with Crippen LogP contribution >= 0.6 is 0 Å². The van der Waals surface area contributed by atoms with Crippen molar-refractivity contribution >= 4 is 5.91 Å². The minimum atomic E-state index is -4.54. The molecule has 2 aromatic heterocycles. The molecule has 0 bridgehead atoms. The number of hydrogen-bond acceptors (Lipinski definition) is 3. The molecule has 0 saturated carbocycles. The fraction of sp³-hybridized carbons (Fsp3) is 0.158. The summed E-state index contributed by atoms with van der Waals surface area (Å²) < 4.78 is 45.1. The summed E-state index contributed by atoms with van der Waals surface area (Å²) in [5, 5.41) is 2.55. The van der Waals surface area contributed by atoms with Crippen LogP contribution in [0.2, 0.25) is 0 Å². The Kier molecular flexibility index (Phi) is 4.89. The Morgan fingerprint density at radius 3 is 2.59 bits per heavy atom. The lowest BCUT2D eigenvalue weighted by Crippen LogP contribution is -2.33. The van der Waals surface area contributed by atoms with Gasteiger partial charge in [-0.25, -0.2) is 0 Å². The van der Waals surface area contributed by atoms with Crippen molar-refractivity contribution < 1.29 is 22.4 Å². The van der Waals surface area contributed by atoms with Crippen molar-refractivity contribution in [2.24, 2.45) is 0 Å². The second kappa shape index (κ2) is 7.14.